The fourth-order valence-corrected chi connectivity index (χ4v) is 2.24. The van der Waals surface area contributed by atoms with Crippen molar-refractivity contribution in [3.8, 4) is 11.3 Å². The van der Waals surface area contributed by atoms with Gasteiger partial charge in [0.05, 0.1) is 21.9 Å². The van der Waals surface area contributed by atoms with Gasteiger partial charge in [0.25, 0.3) is 11.2 Å². The number of rotatable bonds is 5. The molecule has 26 heavy (non-hydrogen) atoms. The van der Waals surface area contributed by atoms with Crippen molar-refractivity contribution in [3.63, 3.8) is 0 Å². The van der Waals surface area contributed by atoms with Gasteiger partial charge >= 0.3 is 5.97 Å². The first-order chi connectivity index (χ1) is 12.5. The summed E-state index contributed by atoms with van der Waals surface area (Å²) in [4.78, 5) is 33.3. The van der Waals surface area contributed by atoms with Gasteiger partial charge in [-0.25, -0.2) is 4.79 Å². The van der Waals surface area contributed by atoms with Crippen LogP contribution < -0.4 is 5.56 Å². The Kier molecular flexibility index (Phi) is 4.39. The van der Waals surface area contributed by atoms with Gasteiger partial charge in [-0.3, -0.25) is 25.1 Å². The van der Waals surface area contributed by atoms with Gasteiger partial charge in [0.1, 0.15) is 0 Å². The first-order valence-electron chi connectivity index (χ1n) is 7.26. The van der Waals surface area contributed by atoms with Crippen LogP contribution in [-0.4, -0.2) is 26.2 Å². The lowest BCUT2D eigenvalue weighted by Gasteiger charge is -1.99. The number of aromatic amines is 2. The van der Waals surface area contributed by atoms with Crippen molar-refractivity contribution in [1.29, 1.82) is 0 Å². The smallest absolute Gasteiger partial charge is 0.335 e. The number of carboxylic acids is 1. The maximum Gasteiger partial charge on any atom is 0.335 e. The maximum atomic E-state index is 12.0. The first kappa shape index (κ1) is 16.8. The number of aromatic carboxylic acids is 1. The second kappa shape index (κ2) is 6.81. The Morgan fingerprint density at radius 3 is 2.58 bits per heavy atom. The fraction of sp³-hybridized carbons (Fsp3) is 0. The monoisotopic (exact) mass is 353 g/mol. The van der Waals surface area contributed by atoms with Gasteiger partial charge < -0.3 is 5.11 Å². The molecule has 1 heterocycles. The molecule has 0 aliphatic rings. The van der Waals surface area contributed by atoms with Crippen LogP contribution in [0.1, 0.15) is 10.4 Å². The van der Waals surface area contributed by atoms with Crippen molar-refractivity contribution in [2.75, 3.05) is 0 Å². The van der Waals surface area contributed by atoms with Gasteiger partial charge in [-0.05, 0) is 18.2 Å². The van der Waals surface area contributed by atoms with E-state index in [1.54, 1.807) is 6.07 Å². The highest BCUT2D eigenvalue weighted by molar-refractivity contribution is 5.88. The van der Waals surface area contributed by atoms with Crippen LogP contribution in [0.3, 0.4) is 0 Å². The molecule has 0 spiro atoms. The molecule has 2 aromatic carbocycles. The predicted molar refractivity (Wildman–Crippen MR) is 91.1 cm³/mol. The van der Waals surface area contributed by atoms with E-state index in [0.29, 0.717) is 5.56 Å². The van der Waals surface area contributed by atoms with Gasteiger partial charge in [0, 0.05) is 17.7 Å². The van der Waals surface area contributed by atoms with E-state index in [-0.39, 0.29) is 28.3 Å². The normalized spacial score (nSPS) is 10.9. The summed E-state index contributed by atoms with van der Waals surface area (Å²) in [6.45, 7) is 0. The number of nitro groups is 1. The van der Waals surface area contributed by atoms with E-state index >= 15 is 0 Å². The average molecular weight is 353 g/mol. The number of aromatic nitrogens is 2. The molecule has 0 atom stereocenters. The standard InChI is InChI=1S/C16H11N5O5/c22-15-14(19-17-11-5-1-4-10(7-11)16(23)24)13(18-20-15)9-3-2-6-12(8-9)21(25)26/h1-8H,(H,23,24)(H2,18,20,22). The summed E-state index contributed by atoms with van der Waals surface area (Å²) in [5, 5.41) is 32.6. The number of carboxylic acid groups (broad SMARTS) is 1. The minimum absolute atomic E-state index is 0.0309. The van der Waals surface area contributed by atoms with E-state index in [4.69, 9.17) is 5.11 Å². The van der Waals surface area contributed by atoms with Crippen molar-refractivity contribution < 1.29 is 14.8 Å². The van der Waals surface area contributed by atoms with Crippen LogP contribution >= 0.6 is 0 Å². The second-order valence-electron chi connectivity index (χ2n) is 5.17. The highest BCUT2D eigenvalue weighted by atomic mass is 16.6. The molecule has 130 valence electrons. The summed E-state index contributed by atoms with van der Waals surface area (Å²) in [5.74, 6) is -1.11. The second-order valence-corrected chi connectivity index (χ2v) is 5.17. The van der Waals surface area contributed by atoms with Gasteiger partial charge in [-0.15, -0.1) is 5.11 Å². The first-order valence-corrected chi connectivity index (χ1v) is 7.26. The zero-order valence-electron chi connectivity index (χ0n) is 13.0. The Morgan fingerprint density at radius 1 is 1.08 bits per heavy atom. The molecule has 0 aliphatic heterocycles. The van der Waals surface area contributed by atoms with Crippen LogP contribution in [0.4, 0.5) is 17.1 Å². The summed E-state index contributed by atoms with van der Waals surface area (Å²) in [5.41, 5.74) is 0.110. The van der Waals surface area contributed by atoms with Crippen molar-refractivity contribution in [2.45, 2.75) is 0 Å². The van der Waals surface area contributed by atoms with E-state index < -0.39 is 16.5 Å². The third-order valence-electron chi connectivity index (χ3n) is 3.46. The average Bonchev–Trinajstić information content (AvgIpc) is 3.01. The summed E-state index contributed by atoms with van der Waals surface area (Å²) in [6, 6.07) is 11.4. The molecule has 0 bridgehead atoms. The minimum atomic E-state index is -1.11. The number of hydrogen-bond acceptors (Lipinski definition) is 6. The van der Waals surface area contributed by atoms with Crippen molar-refractivity contribution >= 4 is 23.0 Å². The zero-order chi connectivity index (χ0) is 18.7. The molecule has 0 fully saturated rings. The number of carbonyl (C=O) groups is 1. The Morgan fingerprint density at radius 2 is 1.85 bits per heavy atom. The van der Waals surface area contributed by atoms with E-state index in [9.17, 15) is 19.7 Å². The largest absolute Gasteiger partial charge is 0.478 e. The molecule has 0 saturated heterocycles. The van der Waals surface area contributed by atoms with Crippen LogP contribution in [0, 0.1) is 10.1 Å². The molecule has 10 nitrogen and oxygen atoms in total. The van der Waals surface area contributed by atoms with Gasteiger partial charge in [0.2, 0.25) is 0 Å². The Hall–Kier alpha value is -4.08. The number of nitrogens with zero attached hydrogens (tertiary/aromatic N) is 3. The van der Waals surface area contributed by atoms with Gasteiger partial charge in [0.15, 0.2) is 5.69 Å². The minimum Gasteiger partial charge on any atom is -0.478 e. The van der Waals surface area contributed by atoms with Crippen molar-refractivity contribution in [2.24, 2.45) is 10.2 Å². The number of azo groups is 1. The van der Waals surface area contributed by atoms with E-state index in [0.717, 1.165) is 0 Å². The fourth-order valence-electron chi connectivity index (χ4n) is 2.24. The lowest BCUT2D eigenvalue weighted by Crippen LogP contribution is -1.96. The van der Waals surface area contributed by atoms with E-state index in [1.807, 2.05) is 0 Å². The molecule has 0 radical (unpaired) electrons. The van der Waals surface area contributed by atoms with Crippen LogP contribution in [0.15, 0.2) is 63.6 Å². The number of non-ortho nitro benzene ring substituents is 1. The molecular weight excluding hydrogens is 342 g/mol. The van der Waals surface area contributed by atoms with Crippen LogP contribution in [-0.2, 0) is 0 Å². The van der Waals surface area contributed by atoms with Crippen molar-refractivity contribution in [1.82, 2.24) is 10.2 Å². The molecule has 0 amide bonds. The topological polar surface area (TPSA) is 154 Å². The molecule has 0 saturated carbocycles. The molecule has 1 aromatic heterocycles. The summed E-state index contributed by atoms with van der Waals surface area (Å²) < 4.78 is 0. The van der Waals surface area contributed by atoms with E-state index in [1.165, 1.54) is 42.5 Å². The lowest BCUT2D eigenvalue weighted by molar-refractivity contribution is -0.384. The molecule has 3 rings (SSSR count). The lowest BCUT2D eigenvalue weighted by atomic mass is 10.1. The maximum absolute atomic E-state index is 12.0. The number of hydrogen-bond donors (Lipinski definition) is 3. The highest BCUT2D eigenvalue weighted by Gasteiger charge is 2.15. The highest BCUT2D eigenvalue weighted by Crippen LogP contribution is 2.29. The van der Waals surface area contributed by atoms with Gasteiger partial charge in [-0.2, -0.15) is 5.11 Å². The van der Waals surface area contributed by atoms with Crippen molar-refractivity contribution in [3.05, 3.63) is 74.6 Å². The number of benzene rings is 2. The Bertz CT molecular complexity index is 1080. The molecule has 3 N–H and O–H groups in total. The Balaban J connectivity index is 2.00. The number of nitrogens with one attached hydrogen (secondary N) is 2. The summed E-state index contributed by atoms with van der Waals surface area (Å²) in [6.07, 6.45) is 0. The molecular formula is C16H11N5O5. The van der Waals surface area contributed by atoms with Crippen LogP contribution in [0.5, 0.6) is 0 Å². The number of nitro benzene ring substituents is 1. The Labute approximate surface area is 145 Å². The quantitative estimate of drug-likeness (QED) is 0.364. The van der Waals surface area contributed by atoms with Crippen LogP contribution in [0.25, 0.3) is 11.3 Å². The van der Waals surface area contributed by atoms with Gasteiger partial charge in [-0.1, -0.05) is 18.2 Å². The SMILES string of the molecule is O=C(O)c1cccc(N=Nc2c(-c3cccc([N+](=O)[O-])c3)[nH][nH]c2=O)c1. The van der Waals surface area contributed by atoms with E-state index in [2.05, 4.69) is 20.4 Å². The third kappa shape index (κ3) is 3.38. The molecule has 0 aliphatic carbocycles. The molecule has 3 aromatic rings. The predicted octanol–water partition coefficient (Wildman–Crippen LogP) is 3.39. The summed E-state index contributed by atoms with van der Waals surface area (Å²) in [7, 11) is 0. The molecule has 0 unspecified atom stereocenters. The summed E-state index contributed by atoms with van der Waals surface area (Å²) >= 11 is 0. The van der Waals surface area contributed by atoms with Crippen LogP contribution in [0.2, 0.25) is 0 Å². The number of H-pyrrole nitrogens is 2. The zero-order valence-corrected chi connectivity index (χ0v) is 13.0. The third-order valence-corrected chi connectivity index (χ3v) is 3.46. The molecule has 10 heteroatoms.